The molecule has 1 N–H and O–H groups in total. The molecule has 2 aliphatic heterocycles. The Labute approximate surface area is 261 Å². The average Bonchev–Trinajstić information content (AvgIpc) is 3.30. The Hall–Kier alpha value is -4.89. The number of aryl methyl sites for hydroxylation is 1. The number of allylic oxidation sites excluding steroid dienone is 1. The van der Waals surface area contributed by atoms with E-state index in [1.165, 1.54) is 17.2 Å². The fourth-order valence-corrected chi connectivity index (χ4v) is 6.05. The minimum Gasteiger partial charge on any atom is -0.443 e. The van der Waals surface area contributed by atoms with Crippen LogP contribution in [0.1, 0.15) is 57.5 Å². The summed E-state index contributed by atoms with van der Waals surface area (Å²) >= 11 is 0. The zero-order valence-electron chi connectivity index (χ0n) is 26.3. The normalized spacial score (nSPS) is 17.7. The van der Waals surface area contributed by atoms with E-state index in [2.05, 4.69) is 45.2 Å². The van der Waals surface area contributed by atoms with Gasteiger partial charge in [-0.3, -0.25) is 14.5 Å². The third-order valence-corrected chi connectivity index (χ3v) is 8.04. The van der Waals surface area contributed by atoms with Crippen molar-refractivity contribution in [2.75, 3.05) is 18.4 Å². The van der Waals surface area contributed by atoms with Crippen LogP contribution >= 0.6 is 0 Å². The summed E-state index contributed by atoms with van der Waals surface area (Å²) < 4.78 is 22.4. The van der Waals surface area contributed by atoms with Crippen LogP contribution in [0.4, 0.5) is 21.0 Å². The maximum atomic E-state index is 15.0. The lowest BCUT2D eigenvalue weighted by Crippen LogP contribution is -2.60. The number of carbonyl (C=O) groups excluding carboxylic acids is 1. The number of likely N-dealkylation sites (tertiary alicyclic amines) is 1. The predicted molar refractivity (Wildman–Crippen MR) is 168 cm³/mol. The molecule has 1 amide bonds. The zero-order valence-corrected chi connectivity index (χ0v) is 26.3. The van der Waals surface area contributed by atoms with Crippen LogP contribution in [0.15, 0.2) is 48.3 Å². The van der Waals surface area contributed by atoms with Crippen LogP contribution < -0.4 is 5.32 Å². The van der Waals surface area contributed by atoms with Crippen molar-refractivity contribution in [1.82, 2.24) is 34.5 Å². The second-order valence-corrected chi connectivity index (χ2v) is 12.7. The first-order valence-corrected chi connectivity index (χ1v) is 15.0. The van der Waals surface area contributed by atoms with Gasteiger partial charge in [-0.2, -0.15) is 10.4 Å². The number of ether oxygens (including phenoxy) is 1. The van der Waals surface area contributed by atoms with Gasteiger partial charge in [-0.25, -0.2) is 24.1 Å². The largest absolute Gasteiger partial charge is 0.443 e. The van der Waals surface area contributed by atoms with E-state index in [-0.39, 0.29) is 23.6 Å². The third-order valence-electron chi connectivity index (χ3n) is 8.04. The first-order valence-electron chi connectivity index (χ1n) is 15.0. The van der Waals surface area contributed by atoms with Crippen LogP contribution in [0.25, 0.3) is 22.2 Å². The molecule has 1 unspecified atom stereocenters. The number of pyridine rings is 1. The quantitative estimate of drug-likeness (QED) is 0.279. The molecule has 3 aromatic heterocycles. The molecule has 0 spiro atoms. The lowest BCUT2D eigenvalue weighted by atomic mass is 9.96. The number of hydrogen-bond acceptors (Lipinski definition) is 9. The molecule has 1 saturated heterocycles. The van der Waals surface area contributed by atoms with Gasteiger partial charge in [-0.15, -0.1) is 0 Å². The number of aromatic nitrogens is 5. The van der Waals surface area contributed by atoms with Gasteiger partial charge >= 0.3 is 6.09 Å². The monoisotopic (exact) mass is 609 g/mol. The van der Waals surface area contributed by atoms with E-state index in [4.69, 9.17) is 9.72 Å². The van der Waals surface area contributed by atoms with Crippen LogP contribution in [0.3, 0.4) is 0 Å². The van der Waals surface area contributed by atoms with E-state index >= 15 is 0 Å². The van der Waals surface area contributed by atoms with Gasteiger partial charge in [-0.1, -0.05) is 26.0 Å². The van der Waals surface area contributed by atoms with Crippen molar-refractivity contribution < 1.29 is 13.9 Å². The summed E-state index contributed by atoms with van der Waals surface area (Å²) in [5, 5.41) is 18.1. The van der Waals surface area contributed by atoms with E-state index in [0.717, 1.165) is 27.9 Å². The molecule has 1 fully saturated rings. The van der Waals surface area contributed by atoms with Gasteiger partial charge in [0.1, 0.15) is 17.1 Å². The predicted octanol–water partition coefficient (Wildman–Crippen LogP) is 5.82. The summed E-state index contributed by atoms with van der Waals surface area (Å²) in [6.07, 6.45) is 2.84. The van der Waals surface area contributed by atoms with Gasteiger partial charge < -0.3 is 10.1 Å². The lowest BCUT2D eigenvalue weighted by molar-refractivity contribution is 0.00438. The highest BCUT2D eigenvalue weighted by atomic mass is 19.1. The second-order valence-electron chi connectivity index (χ2n) is 12.7. The average molecular weight is 610 g/mol. The Balaban J connectivity index is 1.17. The number of nitrogens with one attached hydrogen (secondary N) is 1. The Morgan fingerprint density at radius 2 is 2.02 bits per heavy atom. The molecule has 5 heterocycles. The highest BCUT2D eigenvalue weighted by molar-refractivity contribution is 5.87. The van der Waals surface area contributed by atoms with Gasteiger partial charge in [0, 0.05) is 55.0 Å². The van der Waals surface area contributed by atoms with E-state index in [0.29, 0.717) is 43.1 Å². The smallest absolute Gasteiger partial charge is 0.414 e. The molecule has 0 radical (unpaired) electrons. The number of carbonyl (C=O) groups is 1. The summed E-state index contributed by atoms with van der Waals surface area (Å²) in [5.74, 6) is 0.546. The minimum atomic E-state index is -0.617. The molecule has 1 atom stereocenters. The SMILES string of the molecule is CC(C)c1c2cc(-c3nc(Nc4ccc5c(n4)CCN(C4CN(C(=O)OC(C)(C)C)C4=CC#N)C5)ncc3F)ccc2nn1C. The second kappa shape index (κ2) is 11.6. The number of fused-ring (bicyclic) bond motifs is 2. The van der Waals surface area contributed by atoms with Gasteiger partial charge in [-0.05, 0) is 50.5 Å². The molecular weight excluding hydrogens is 573 g/mol. The molecule has 0 aliphatic carbocycles. The van der Waals surface area contributed by atoms with Crippen molar-refractivity contribution in [2.24, 2.45) is 7.05 Å². The van der Waals surface area contributed by atoms with Crippen LogP contribution in [0, 0.1) is 17.1 Å². The Morgan fingerprint density at radius 1 is 1.22 bits per heavy atom. The molecule has 0 saturated carbocycles. The van der Waals surface area contributed by atoms with E-state index in [9.17, 15) is 14.4 Å². The molecule has 0 bridgehead atoms. The molecule has 11 nitrogen and oxygen atoms in total. The van der Waals surface area contributed by atoms with Gasteiger partial charge in [0.2, 0.25) is 5.95 Å². The fraction of sp³-hybridized carbons (Fsp3) is 0.394. The van der Waals surface area contributed by atoms with Crippen LogP contribution in [-0.4, -0.2) is 65.4 Å². The van der Waals surface area contributed by atoms with Crippen LogP contribution in [0.2, 0.25) is 0 Å². The van der Waals surface area contributed by atoms with Crippen molar-refractivity contribution in [3.63, 3.8) is 0 Å². The van der Waals surface area contributed by atoms with Crippen molar-refractivity contribution in [2.45, 2.75) is 65.1 Å². The Kier molecular flexibility index (Phi) is 7.74. The lowest BCUT2D eigenvalue weighted by Gasteiger charge is -2.48. The van der Waals surface area contributed by atoms with E-state index < -0.39 is 17.5 Å². The van der Waals surface area contributed by atoms with Gasteiger partial charge in [0.25, 0.3) is 0 Å². The fourth-order valence-electron chi connectivity index (χ4n) is 6.05. The first-order chi connectivity index (χ1) is 21.4. The number of nitriles is 1. The highest BCUT2D eigenvalue weighted by Crippen LogP contribution is 2.34. The van der Waals surface area contributed by atoms with Crippen molar-refractivity contribution >= 4 is 28.8 Å². The van der Waals surface area contributed by atoms with Gasteiger partial charge in [0.15, 0.2) is 5.82 Å². The molecule has 4 aromatic rings. The topological polar surface area (TPSA) is 125 Å². The number of anilines is 2. The third kappa shape index (κ3) is 5.95. The van der Waals surface area contributed by atoms with Crippen LogP contribution in [0.5, 0.6) is 0 Å². The molecule has 2 aliphatic rings. The summed E-state index contributed by atoms with van der Waals surface area (Å²) in [5.41, 5.74) is 4.80. The zero-order chi connectivity index (χ0) is 32.0. The standard InChI is InChI=1S/C33H36FN9O2/c1-19(2)30-22-15-20(7-9-25(22)40-41(30)6)29-23(34)16-36-31(39-29)38-28-10-8-21-17-42(14-12-24(21)37-28)27-18-43(26(27)11-13-35)32(44)45-33(3,4)5/h7-11,15-16,19,27H,12,14,17-18H2,1-6H3,(H,36,37,38,39). The molecule has 45 heavy (non-hydrogen) atoms. The molecule has 1 aromatic carbocycles. The van der Waals surface area contributed by atoms with Crippen molar-refractivity contribution in [1.29, 1.82) is 5.26 Å². The first kappa shape index (κ1) is 30.1. The van der Waals surface area contributed by atoms with Crippen molar-refractivity contribution in [3.8, 4) is 17.3 Å². The molecular formula is C33H36FN9O2. The van der Waals surface area contributed by atoms with E-state index in [1.807, 2.05) is 62.8 Å². The molecule has 12 heteroatoms. The van der Waals surface area contributed by atoms with Gasteiger partial charge in [0.05, 0.1) is 36.1 Å². The summed E-state index contributed by atoms with van der Waals surface area (Å²) in [7, 11) is 1.92. The number of benzene rings is 1. The minimum absolute atomic E-state index is 0.0586. The number of nitrogens with zero attached hydrogens (tertiary/aromatic N) is 8. The maximum Gasteiger partial charge on any atom is 0.414 e. The number of rotatable bonds is 5. The molecule has 232 valence electrons. The highest BCUT2D eigenvalue weighted by Gasteiger charge is 2.43. The number of amides is 1. The maximum absolute atomic E-state index is 15.0. The summed E-state index contributed by atoms with van der Waals surface area (Å²) in [4.78, 5) is 29.9. The Bertz CT molecular complexity index is 1870. The van der Waals surface area contributed by atoms with Crippen LogP contribution in [-0.2, 0) is 24.8 Å². The van der Waals surface area contributed by atoms with E-state index in [1.54, 1.807) is 0 Å². The molecule has 6 rings (SSSR count). The number of hydrogen-bond donors (Lipinski definition) is 1. The summed E-state index contributed by atoms with van der Waals surface area (Å²) in [6, 6.07) is 11.5. The Morgan fingerprint density at radius 3 is 2.76 bits per heavy atom. The van der Waals surface area contributed by atoms with Crippen molar-refractivity contribution in [3.05, 3.63) is 71.1 Å². The number of halogens is 1. The summed E-state index contributed by atoms with van der Waals surface area (Å²) in [6.45, 7) is 11.5.